The van der Waals surface area contributed by atoms with Crippen LogP contribution in [0.25, 0.3) is 0 Å². The highest BCUT2D eigenvalue weighted by atomic mass is 35.5. The fourth-order valence-corrected chi connectivity index (χ4v) is 3.29. The maximum atomic E-state index is 12.1. The lowest BCUT2D eigenvalue weighted by Gasteiger charge is -2.22. The van der Waals surface area contributed by atoms with Crippen LogP contribution in [0.1, 0.15) is 0 Å². The largest absolute Gasteiger partial charge is 0.325 e. The van der Waals surface area contributed by atoms with Gasteiger partial charge in [-0.1, -0.05) is 41.4 Å². The highest BCUT2D eigenvalue weighted by molar-refractivity contribution is 7.92. The van der Waals surface area contributed by atoms with Crippen molar-refractivity contribution < 1.29 is 13.2 Å². The van der Waals surface area contributed by atoms with Crippen LogP contribution in [0.2, 0.25) is 10.0 Å². The number of carbonyl (C=O) groups is 1. The van der Waals surface area contributed by atoms with Gasteiger partial charge in [0.05, 0.1) is 11.9 Å². The molecular weight excluding hydrogens is 359 g/mol. The first-order chi connectivity index (χ1) is 10.8. The average molecular weight is 373 g/mol. The molecule has 1 amide bonds. The Balaban J connectivity index is 2.25. The molecule has 0 saturated carbocycles. The minimum absolute atomic E-state index is 0.230. The van der Waals surface area contributed by atoms with Crippen LogP contribution >= 0.6 is 23.2 Å². The first-order valence-corrected chi connectivity index (χ1v) is 9.15. The van der Waals surface area contributed by atoms with Gasteiger partial charge in [0.2, 0.25) is 15.9 Å². The van der Waals surface area contributed by atoms with E-state index in [1.54, 1.807) is 24.3 Å². The summed E-state index contributed by atoms with van der Waals surface area (Å²) in [7, 11) is -3.68. The third-order valence-electron chi connectivity index (χ3n) is 2.88. The van der Waals surface area contributed by atoms with Gasteiger partial charge in [-0.2, -0.15) is 0 Å². The number of amides is 1. The summed E-state index contributed by atoms with van der Waals surface area (Å²) in [6, 6.07) is 13.1. The highest BCUT2D eigenvalue weighted by Crippen LogP contribution is 2.27. The Kier molecular flexibility index (Phi) is 5.51. The van der Waals surface area contributed by atoms with Crippen LogP contribution in [0.3, 0.4) is 0 Å². The van der Waals surface area contributed by atoms with Crippen molar-refractivity contribution in [1.29, 1.82) is 0 Å². The van der Waals surface area contributed by atoms with Gasteiger partial charge >= 0.3 is 0 Å². The second-order valence-corrected chi connectivity index (χ2v) is 7.59. The fraction of sp³-hybridized carbons (Fsp3) is 0.133. The minimum atomic E-state index is -3.68. The maximum absolute atomic E-state index is 12.1. The molecule has 0 fully saturated rings. The van der Waals surface area contributed by atoms with Crippen molar-refractivity contribution in [3.8, 4) is 0 Å². The molecule has 0 bridgehead atoms. The van der Waals surface area contributed by atoms with E-state index in [-0.39, 0.29) is 22.3 Å². The summed E-state index contributed by atoms with van der Waals surface area (Å²) in [5, 5.41) is 3.20. The number of halogens is 2. The lowest BCUT2D eigenvalue weighted by Crippen LogP contribution is -2.37. The molecule has 23 heavy (non-hydrogen) atoms. The fourth-order valence-electron chi connectivity index (χ4n) is 1.94. The summed E-state index contributed by atoms with van der Waals surface area (Å²) >= 11 is 11.8. The third-order valence-corrected chi connectivity index (χ3v) is 4.46. The van der Waals surface area contributed by atoms with Crippen molar-refractivity contribution in [1.82, 2.24) is 0 Å². The van der Waals surface area contributed by atoms with Crippen molar-refractivity contribution in [2.75, 3.05) is 22.4 Å². The average Bonchev–Trinajstić information content (AvgIpc) is 2.43. The van der Waals surface area contributed by atoms with Gasteiger partial charge in [0.25, 0.3) is 0 Å². The molecule has 0 atom stereocenters. The number of sulfonamides is 1. The van der Waals surface area contributed by atoms with Crippen molar-refractivity contribution in [2.45, 2.75) is 0 Å². The second kappa shape index (κ2) is 7.21. The van der Waals surface area contributed by atoms with E-state index in [4.69, 9.17) is 23.2 Å². The number of para-hydroxylation sites is 1. The molecule has 1 N–H and O–H groups in total. The van der Waals surface area contributed by atoms with Crippen LogP contribution in [-0.4, -0.2) is 27.1 Å². The summed E-state index contributed by atoms with van der Waals surface area (Å²) in [5.74, 6) is -0.474. The Morgan fingerprint density at radius 1 is 1.09 bits per heavy atom. The standard InChI is InChI=1S/C15H14Cl2N2O3S/c1-23(21,22)19(14-8-11(16)7-12(17)9-14)10-15(20)18-13-5-3-2-4-6-13/h2-9H,10H2,1H3,(H,18,20). The molecule has 0 aromatic heterocycles. The number of hydrogen-bond acceptors (Lipinski definition) is 3. The van der Waals surface area contributed by atoms with E-state index in [1.807, 2.05) is 6.07 Å². The normalized spacial score (nSPS) is 11.1. The molecule has 0 radical (unpaired) electrons. The SMILES string of the molecule is CS(=O)(=O)N(CC(=O)Nc1ccccc1)c1cc(Cl)cc(Cl)c1. The molecule has 0 aliphatic carbocycles. The molecule has 2 rings (SSSR count). The number of hydrogen-bond donors (Lipinski definition) is 1. The second-order valence-electron chi connectivity index (χ2n) is 4.81. The number of nitrogens with zero attached hydrogens (tertiary/aromatic N) is 1. The van der Waals surface area contributed by atoms with Crippen LogP contribution < -0.4 is 9.62 Å². The third kappa shape index (κ3) is 5.13. The van der Waals surface area contributed by atoms with Crippen LogP contribution in [0, 0.1) is 0 Å². The Labute approximate surface area is 144 Å². The van der Waals surface area contributed by atoms with Gasteiger partial charge in [0.1, 0.15) is 6.54 Å². The first kappa shape index (κ1) is 17.6. The molecule has 0 spiro atoms. The Morgan fingerprint density at radius 3 is 2.17 bits per heavy atom. The molecular formula is C15H14Cl2N2O3S. The Morgan fingerprint density at radius 2 is 1.65 bits per heavy atom. The maximum Gasteiger partial charge on any atom is 0.245 e. The van der Waals surface area contributed by atoms with Crippen molar-refractivity contribution >= 4 is 50.5 Å². The molecule has 0 unspecified atom stereocenters. The van der Waals surface area contributed by atoms with E-state index in [0.717, 1.165) is 10.6 Å². The van der Waals surface area contributed by atoms with E-state index in [9.17, 15) is 13.2 Å². The summed E-state index contributed by atoms with van der Waals surface area (Å²) in [4.78, 5) is 12.1. The van der Waals surface area contributed by atoms with Crippen LogP contribution in [0.5, 0.6) is 0 Å². The molecule has 0 heterocycles. The van der Waals surface area contributed by atoms with E-state index < -0.39 is 15.9 Å². The topological polar surface area (TPSA) is 66.5 Å². The number of benzene rings is 2. The van der Waals surface area contributed by atoms with E-state index >= 15 is 0 Å². The summed E-state index contributed by atoms with van der Waals surface area (Å²) < 4.78 is 25.0. The molecule has 5 nitrogen and oxygen atoms in total. The summed E-state index contributed by atoms with van der Waals surface area (Å²) in [6.45, 7) is -0.385. The Hall–Kier alpha value is -1.76. The molecule has 122 valence electrons. The molecule has 0 aliphatic heterocycles. The van der Waals surface area contributed by atoms with Crippen LogP contribution in [0.15, 0.2) is 48.5 Å². The van der Waals surface area contributed by atoms with Gasteiger partial charge < -0.3 is 5.32 Å². The number of rotatable bonds is 5. The predicted octanol–water partition coefficient (Wildman–Crippen LogP) is 3.40. The van der Waals surface area contributed by atoms with Gasteiger partial charge in [-0.15, -0.1) is 0 Å². The predicted molar refractivity (Wildman–Crippen MR) is 93.7 cm³/mol. The quantitative estimate of drug-likeness (QED) is 0.874. The van der Waals surface area contributed by atoms with Crippen LogP contribution in [-0.2, 0) is 14.8 Å². The number of nitrogens with one attached hydrogen (secondary N) is 1. The summed E-state index contributed by atoms with van der Waals surface area (Å²) in [5.41, 5.74) is 0.809. The van der Waals surface area contributed by atoms with Gasteiger partial charge in [0, 0.05) is 15.7 Å². The molecule has 2 aromatic carbocycles. The first-order valence-electron chi connectivity index (χ1n) is 6.54. The zero-order valence-electron chi connectivity index (χ0n) is 12.2. The zero-order valence-corrected chi connectivity index (χ0v) is 14.5. The smallest absolute Gasteiger partial charge is 0.245 e. The van der Waals surface area contributed by atoms with Crippen molar-refractivity contribution in [3.05, 3.63) is 58.6 Å². The van der Waals surface area contributed by atoms with E-state index in [0.29, 0.717) is 5.69 Å². The monoisotopic (exact) mass is 372 g/mol. The minimum Gasteiger partial charge on any atom is -0.325 e. The number of anilines is 2. The highest BCUT2D eigenvalue weighted by Gasteiger charge is 2.21. The van der Waals surface area contributed by atoms with Gasteiger partial charge in [0.15, 0.2) is 0 Å². The molecule has 2 aromatic rings. The van der Waals surface area contributed by atoms with Gasteiger partial charge in [-0.25, -0.2) is 8.42 Å². The molecule has 0 aliphatic rings. The van der Waals surface area contributed by atoms with Crippen LogP contribution in [0.4, 0.5) is 11.4 Å². The summed E-state index contributed by atoms with van der Waals surface area (Å²) in [6.07, 6.45) is 1.01. The van der Waals surface area contributed by atoms with Gasteiger partial charge in [-0.05, 0) is 30.3 Å². The Bertz CT molecular complexity index is 790. The van der Waals surface area contributed by atoms with Crippen molar-refractivity contribution in [2.24, 2.45) is 0 Å². The lowest BCUT2D eigenvalue weighted by molar-refractivity contribution is -0.114. The van der Waals surface area contributed by atoms with Gasteiger partial charge in [-0.3, -0.25) is 9.10 Å². The van der Waals surface area contributed by atoms with E-state index in [1.165, 1.54) is 18.2 Å². The zero-order chi connectivity index (χ0) is 17.0. The molecule has 8 heteroatoms. The number of carbonyl (C=O) groups excluding carboxylic acids is 1. The lowest BCUT2D eigenvalue weighted by atomic mass is 10.3. The van der Waals surface area contributed by atoms with E-state index in [2.05, 4.69) is 5.32 Å². The van der Waals surface area contributed by atoms with Crippen molar-refractivity contribution in [3.63, 3.8) is 0 Å². The molecule has 0 saturated heterocycles.